The number of rotatable bonds is 4. The predicted octanol–water partition coefficient (Wildman–Crippen LogP) is 5.02. The minimum atomic E-state index is 0.154. The van der Waals surface area contributed by atoms with Crippen molar-refractivity contribution in [2.75, 3.05) is 18.0 Å². The van der Waals surface area contributed by atoms with Crippen molar-refractivity contribution in [1.82, 2.24) is 10.3 Å². The van der Waals surface area contributed by atoms with Gasteiger partial charge in [0.15, 0.2) is 5.13 Å². The quantitative estimate of drug-likeness (QED) is 0.785. The third-order valence-corrected chi connectivity index (χ3v) is 8.10. The van der Waals surface area contributed by atoms with E-state index < -0.39 is 0 Å². The van der Waals surface area contributed by atoms with Gasteiger partial charge in [-0.15, -0.1) is 0 Å². The minimum Gasteiger partial charge on any atom is -0.353 e. The summed E-state index contributed by atoms with van der Waals surface area (Å²) in [7, 11) is 0. The van der Waals surface area contributed by atoms with Gasteiger partial charge in [-0.05, 0) is 55.2 Å². The number of aryl methyl sites for hydroxylation is 1. The lowest BCUT2D eigenvalue weighted by Gasteiger charge is -2.37. The SMILES string of the molecule is CCc1ccc2nc(N3CCC(C(=O)N[C@@H]4CCC[C@H](C)[C@H]4C)CC3)sc2c1. The minimum absolute atomic E-state index is 0.154. The standard InChI is InChI=1S/C23H33N3OS/c1-4-17-8-9-20-21(14-17)28-23(25-20)26-12-10-18(11-13-26)22(27)24-19-7-5-6-15(2)16(19)3/h8-9,14-16,18-19H,4-7,10-13H2,1-3H3,(H,24,27)/t15-,16+,19+/m0/s1. The van der Waals surface area contributed by atoms with E-state index >= 15 is 0 Å². The van der Waals surface area contributed by atoms with E-state index in [4.69, 9.17) is 4.98 Å². The second-order valence-electron chi connectivity index (χ2n) is 8.80. The Hall–Kier alpha value is -1.62. The summed E-state index contributed by atoms with van der Waals surface area (Å²) in [4.78, 5) is 20.0. The summed E-state index contributed by atoms with van der Waals surface area (Å²) >= 11 is 1.79. The summed E-state index contributed by atoms with van der Waals surface area (Å²) in [5, 5.41) is 4.50. The molecular formula is C23H33N3OS. The Morgan fingerprint density at radius 2 is 2.00 bits per heavy atom. The number of anilines is 1. The highest BCUT2D eigenvalue weighted by atomic mass is 32.1. The summed E-state index contributed by atoms with van der Waals surface area (Å²) in [6.07, 6.45) is 6.60. The van der Waals surface area contributed by atoms with E-state index in [1.165, 1.54) is 23.1 Å². The van der Waals surface area contributed by atoms with Crippen molar-refractivity contribution < 1.29 is 4.79 Å². The van der Waals surface area contributed by atoms with Crippen LogP contribution >= 0.6 is 11.3 Å². The fraction of sp³-hybridized carbons (Fsp3) is 0.652. The molecule has 1 aliphatic heterocycles. The number of carbonyl (C=O) groups excluding carboxylic acids is 1. The van der Waals surface area contributed by atoms with Gasteiger partial charge in [0.2, 0.25) is 5.91 Å². The molecule has 2 heterocycles. The molecule has 0 spiro atoms. The van der Waals surface area contributed by atoms with Crippen LogP contribution in [-0.2, 0) is 11.2 Å². The van der Waals surface area contributed by atoms with Crippen molar-refractivity contribution in [1.29, 1.82) is 0 Å². The number of nitrogens with one attached hydrogen (secondary N) is 1. The molecule has 1 aromatic carbocycles. The van der Waals surface area contributed by atoms with Gasteiger partial charge in [0.25, 0.3) is 0 Å². The summed E-state index contributed by atoms with van der Waals surface area (Å²) in [6, 6.07) is 6.95. The van der Waals surface area contributed by atoms with Crippen molar-refractivity contribution in [3.05, 3.63) is 23.8 Å². The zero-order valence-electron chi connectivity index (χ0n) is 17.4. The van der Waals surface area contributed by atoms with Crippen LogP contribution < -0.4 is 10.2 Å². The largest absolute Gasteiger partial charge is 0.353 e. The van der Waals surface area contributed by atoms with Crippen LogP contribution in [0.3, 0.4) is 0 Å². The van der Waals surface area contributed by atoms with Crippen molar-refractivity contribution in [3.63, 3.8) is 0 Å². The molecule has 1 saturated carbocycles. The number of nitrogens with zero attached hydrogens (tertiary/aromatic N) is 2. The molecule has 2 fully saturated rings. The molecule has 1 saturated heterocycles. The van der Waals surface area contributed by atoms with E-state index in [9.17, 15) is 4.79 Å². The van der Waals surface area contributed by atoms with Crippen LogP contribution in [0.1, 0.15) is 58.4 Å². The molecule has 0 unspecified atom stereocenters. The molecule has 5 heteroatoms. The molecular weight excluding hydrogens is 366 g/mol. The van der Waals surface area contributed by atoms with Gasteiger partial charge in [-0.1, -0.05) is 51.0 Å². The molecule has 2 aromatic rings. The van der Waals surface area contributed by atoms with Crippen LogP contribution in [0.2, 0.25) is 0 Å². The molecule has 4 nitrogen and oxygen atoms in total. The molecule has 4 rings (SSSR count). The maximum absolute atomic E-state index is 12.8. The van der Waals surface area contributed by atoms with Gasteiger partial charge in [-0.2, -0.15) is 0 Å². The lowest BCUT2D eigenvalue weighted by molar-refractivity contribution is -0.127. The van der Waals surface area contributed by atoms with E-state index in [1.54, 1.807) is 11.3 Å². The number of benzene rings is 1. The number of aromatic nitrogens is 1. The first-order valence-electron chi connectivity index (χ1n) is 11.0. The summed E-state index contributed by atoms with van der Waals surface area (Å²) in [5.41, 5.74) is 2.46. The third kappa shape index (κ3) is 4.05. The van der Waals surface area contributed by atoms with Gasteiger partial charge in [0, 0.05) is 25.0 Å². The highest BCUT2D eigenvalue weighted by molar-refractivity contribution is 7.22. The van der Waals surface area contributed by atoms with Crippen molar-refractivity contribution in [2.45, 2.75) is 65.3 Å². The summed E-state index contributed by atoms with van der Waals surface area (Å²) in [6.45, 7) is 8.66. The van der Waals surface area contributed by atoms with Crippen LogP contribution in [0, 0.1) is 17.8 Å². The molecule has 1 aromatic heterocycles. The molecule has 152 valence electrons. The Morgan fingerprint density at radius 3 is 2.75 bits per heavy atom. The van der Waals surface area contributed by atoms with E-state index in [-0.39, 0.29) is 11.8 Å². The normalized spacial score (nSPS) is 26.5. The maximum atomic E-state index is 12.8. The number of fused-ring (bicyclic) bond motifs is 1. The summed E-state index contributed by atoms with van der Waals surface area (Å²) < 4.78 is 1.27. The van der Waals surface area contributed by atoms with Crippen LogP contribution in [0.15, 0.2) is 18.2 Å². The van der Waals surface area contributed by atoms with E-state index in [1.807, 2.05) is 0 Å². The molecule has 0 bridgehead atoms. The average molecular weight is 400 g/mol. The number of carbonyl (C=O) groups is 1. The number of hydrogen-bond acceptors (Lipinski definition) is 4. The Labute approximate surface area is 172 Å². The zero-order valence-corrected chi connectivity index (χ0v) is 18.2. The maximum Gasteiger partial charge on any atom is 0.223 e. The number of hydrogen-bond donors (Lipinski definition) is 1. The van der Waals surface area contributed by atoms with Crippen LogP contribution in [0.4, 0.5) is 5.13 Å². The predicted molar refractivity (Wildman–Crippen MR) is 118 cm³/mol. The number of piperidine rings is 1. The molecule has 0 radical (unpaired) electrons. The third-order valence-electron chi connectivity index (χ3n) is 7.02. The zero-order chi connectivity index (χ0) is 19.7. The molecule has 28 heavy (non-hydrogen) atoms. The van der Waals surface area contributed by atoms with Crippen LogP contribution in [0.25, 0.3) is 10.2 Å². The molecule has 1 N–H and O–H groups in total. The first-order valence-corrected chi connectivity index (χ1v) is 11.8. The van der Waals surface area contributed by atoms with E-state index in [0.29, 0.717) is 17.9 Å². The van der Waals surface area contributed by atoms with Gasteiger partial charge >= 0.3 is 0 Å². The average Bonchev–Trinajstić information content (AvgIpc) is 3.14. The fourth-order valence-electron chi connectivity index (χ4n) is 4.73. The highest BCUT2D eigenvalue weighted by Crippen LogP contribution is 2.33. The van der Waals surface area contributed by atoms with Gasteiger partial charge in [0.1, 0.15) is 0 Å². The van der Waals surface area contributed by atoms with Gasteiger partial charge < -0.3 is 10.2 Å². The second kappa shape index (κ2) is 8.40. The van der Waals surface area contributed by atoms with Crippen molar-refractivity contribution in [2.24, 2.45) is 17.8 Å². The smallest absolute Gasteiger partial charge is 0.223 e. The lowest BCUT2D eigenvalue weighted by Crippen LogP contribution is -2.48. The van der Waals surface area contributed by atoms with E-state index in [0.717, 1.165) is 49.4 Å². The first-order chi connectivity index (χ1) is 13.5. The topological polar surface area (TPSA) is 45.2 Å². The Morgan fingerprint density at radius 1 is 1.21 bits per heavy atom. The second-order valence-corrected chi connectivity index (χ2v) is 9.80. The first kappa shape index (κ1) is 19.7. The number of amides is 1. The lowest BCUT2D eigenvalue weighted by atomic mass is 9.78. The van der Waals surface area contributed by atoms with Gasteiger partial charge in [0.05, 0.1) is 10.2 Å². The highest BCUT2D eigenvalue weighted by Gasteiger charge is 2.32. The van der Waals surface area contributed by atoms with Gasteiger partial charge in [-0.25, -0.2) is 4.98 Å². The number of thiazole rings is 1. The molecule has 1 amide bonds. The Kier molecular flexibility index (Phi) is 5.91. The monoisotopic (exact) mass is 399 g/mol. The van der Waals surface area contributed by atoms with Crippen molar-refractivity contribution >= 4 is 32.6 Å². The molecule has 1 aliphatic carbocycles. The van der Waals surface area contributed by atoms with Gasteiger partial charge in [-0.3, -0.25) is 4.79 Å². The fourth-order valence-corrected chi connectivity index (χ4v) is 5.81. The van der Waals surface area contributed by atoms with Crippen LogP contribution in [-0.4, -0.2) is 30.0 Å². The molecule has 3 atom stereocenters. The Balaban J connectivity index is 1.34. The van der Waals surface area contributed by atoms with Crippen LogP contribution in [0.5, 0.6) is 0 Å². The molecule has 2 aliphatic rings. The Bertz CT molecular complexity index is 824. The van der Waals surface area contributed by atoms with Crippen molar-refractivity contribution in [3.8, 4) is 0 Å². The van der Waals surface area contributed by atoms with E-state index in [2.05, 4.69) is 49.2 Å². The summed E-state index contributed by atoms with van der Waals surface area (Å²) in [5.74, 6) is 1.74.